The number of rotatable bonds is 6. The molecule has 0 aliphatic heterocycles. The summed E-state index contributed by atoms with van der Waals surface area (Å²) in [7, 11) is 4.10. The van der Waals surface area contributed by atoms with Crippen LogP contribution in [0.1, 0.15) is 26.0 Å². The SMILES string of the molecule is CC(C)CC(CN(C)C)Nc1ccc(N)c(C#N)n1. The van der Waals surface area contributed by atoms with Crippen LogP contribution < -0.4 is 11.1 Å². The van der Waals surface area contributed by atoms with Gasteiger partial charge in [-0.25, -0.2) is 4.98 Å². The predicted molar refractivity (Wildman–Crippen MR) is 78.8 cm³/mol. The second kappa shape index (κ2) is 6.95. The van der Waals surface area contributed by atoms with E-state index in [0.717, 1.165) is 13.0 Å². The highest BCUT2D eigenvalue weighted by atomic mass is 15.1. The first-order chi connectivity index (χ1) is 8.92. The molecule has 1 aromatic heterocycles. The molecular weight excluding hydrogens is 238 g/mol. The van der Waals surface area contributed by atoms with Gasteiger partial charge in [0.25, 0.3) is 0 Å². The fraction of sp³-hybridized carbons (Fsp3) is 0.571. The molecule has 0 aliphatic rings. The van der Waals surface area contributed by atoms with Crippen LogP contribution in [0.15, 0.2) is 12.1 Å². The number of aromatic nitrogens is 1. The molecule has 0 saturated heterocycles. The van der Waals surface area contributed by atoms with Crippen LogP contribution in [-0.4, -0.2) is 36.6 Å². The van der Waals surface area contributed by atoms with Gasteiger partial charge in [0.05, 0.1) is 5.69 Å². The molecule has 0 radical (unpaired) electrons. The minimum absolute atomic E-state index is 0.276. The lowest BCUT2D eigenvalue weighted by Crippen LogP contribution is -2.33. The molecule has 0 bridgehead atoms. The van der Waals surface area contributed by atoms with Gasteiger partial charge >= 0.3 is 0 Å². The zero-order chi connectivity index (χ0) is 14.4. The summed E-state index contributed by atoms with van der Waals surface area (Å²) < 4.78 is 0. The fourth-order valence-corrected chi connectivity index (χ4v) is 2.04. The molecule has 0 amide bonds. The summed E-state index contributed by atoms with van der Waals surface area (Å²) in [4.78, 5) is 6.37. The lowest BCUT2D eigenvalue weighted by atomic mass is 10.0. The van der Waals surface area contributed by atoms with E-state index < -0.39 is 0 Å². The minimum atomic E-state index is 0.276. The van der Waals surface area contributed by atoms with E-state index in [0.29, 0.717) is 23.5 Å². The molecule has 5 nitrogen and oxygen atoms in total. The van der Waals surface area contributed by atoms with Crippen molar-refractivity contribution in [3.63, 3.8) is 0 Å². The van der Waals surface area contributed by atoms with Crippen molar-refractivity contribution < 1.29 is 0 Å². The number of likely N-dealkylation sites (N-methyl/N-ethyl adjacent to an activating group) is 1. The van der Waals surface area contributed by atoms with E-state index in [1.54, 1.807) is 6.07 Å². The second-order valence-corrected chi connectivity index (χ2v) is 5.48. The Hall–Kier alpha value is -1.80. The quantitative estimate of drug-likeness (QED) is 0.818. The smallest absolute Gasteiger partial charge is 0.165 e. The summed E-state index contributed by atoms with van der Waals surface area (Å²) in [5, 5.41) is 12.3. The molecule has 1 rings (SSSR count). The lowest BCUT2D eigenvalue weighted by Gasteiger charge is -2.24. The van der Waals surface area contributed by atoms with Crippen molar-refractivity contribution in [2.45, 2.75) is 26.3 Å². The molecule has 5 heteroatoms. The first-order valence-corrected chi connectivity index (χ1v) is 6.50. The predicted octanol–water partition coefficient (Wildman–Crippen LogP) is 1.92. The summed E-state index contributed by atoms with van der Waals surface area (Å²) in [5.41, 5.74) is 6.36. The summed E-state index contributed by atoms with van der Waals surface area (Å²) in [6, 6.07) is 5.84. The molecule has 104 valence electrons. The zero-order valence-electron chi connectivity index (χ0n) is 12.1. The van der Waals surface area contributed by atoms with E-state index in [9.17, 15) is 0 Å². The molecule has 1 aromatic rings. The van der Waals surface area contributed by atoms with Crippen LogP contribution in [0.4, 0.5) is 11.5 Å². The number of nitriles is 1. The highest BCUT2D eigenvalue weighted by molar-refractivity contribution is 5.54. The van der Waals surface area contributed by atoms with Gasteiger partial charge in [-0.2, -0.15) is 5.26 Å². The minimum Gasteiger partial charge on any atom is -0.396 e. The van der Waals surface area contributed by atoms with Gasteiger partial charge in [0.1, 0.15) is 11.9 Å². The largest absolute Gasteiger partial charge is 0.396 e. The van der Waals surface area contributed by atoms with Gasteiger partial charge in [-0.05, 0) is 38.6 Å². The average molecular weight is 261 g/mol. The first-order valence-electron chi connectivity index (χ1n) is 6.50. The van der Waals surface area contributed by atoms with E-state index in [-0.39, 0.29) is 5.69 Å². The van der Waals surface area contributed by atoms with Crippen LogP contribution >= 0.6 is 0 Å². The Morgan fingerprint density at radius 1 is 1.42 bits per heavy atom. The Morgan fingerprint density at radius 3 is 2.63 bits per heavy atom. The summed E-state index contributed by atoms with van der Waals surface area (Å²) in [6.45, 7) is 5.31. The molecule has 0 saturated carbocycles. The summed E-state index contributed by atoms with van der Waals surface area (Å²) >= 11 is 0. The molecule has 3 N–H and O–H groups in total. The number of nitrogens with zero attached hydrogens (tertiary/aromatic N) is 3. The highest BCUT2D eigenvalue weighted by Gasteiger charge is 2.13. The molecular formula is C14H23N5. The topological polar surface area (TPSA) is 78.0 Å². The first kappa shape index (κ1) is 15.3. The Balaban J connectivity index is 2.81. The molecule has 0 fully saturated rings. The summed E-state index contributed by atoms with van der Waals surface area (Å²) in [6.07, 6.45) is 1.05. The van der Waals surface area contributed by atoms with Gasteiger partial charge in [-0.3, -0.25) is 0 Å². The van der Waals surface area contributed by atoms with Crippen molar-refractivity contribution in [1.29, 1.82) is 5.26 Å². The number of nitrogens with one attached hydrogen (secondary N) is 1. The number of anilines is 2. The molecule has 19 heavy (non-hydrogen) atoms. The highest BCUT2D eigenvalue weighted by Crippen LogP contribution is 2.15. The molecule has 1 atom stereocenters. The van der Waals surface area contributed by atoms with Crippen molar-refractivity contribution in [3.8, 4) is 6.07 Å². The van der Waals surface area contributed by atoms with Crippen LogP contribution in [0.2, 0.25) is 0 Å². The van der Waals surface area contributed by atoms with Crippen LogP contribution in [-0.2, 0) is 0 Å². The van der Waals surface area contributed by atoms with Crippen LogP contribution in [0, 0.1) is 17.2 Å². The monoisotopic (exact) mass is 261 g/mol. The molecule has 0 spiro atoms. The zero-order valence-corrected chi connectivity index (χ0v) is 12.1. The number of nitrogens with two attached hydrogens (primary N) is 1. The Kier molecular flexibility index (Phi) is 5.58. The van der Waals surface area contributed by atoms with E-state index >= 15 is 0 Å². The maximum Gasteiger partial charge on any atom is 0.165 e. The van der Waals surface area contributed by atoms with E-state index in [1.807, 2.05) is 26.2 Å². The lowest BCUT2D eigenvalue weighted by molar-refractivity contribution is 0.356. The van der Waals surface area contributed by atoms with Gasteiger partial charge < -0.3 is 16.0 Å². The fourth-order valence-electron chi connectivity index (χ4n) is 2.04. The van der Waals surface area contributed by atoms with Crippen LogP contribution in [0.3, 0.4) is 0 Å². The second-order valence-electron chi connectivity index (χ2n) is 5.48. The van der Waals surface area contributed by atoms with Crippen molar-refractivity contribution in [1.82, 2.24) is 9.88 Å². The van der Waals surface area contributed by atoms with Crippen LogP contribution in [0.5, 0.6) is 0 Å². The number of hydrogen-bond donors (Lipinski definition) is 2. The maximum absolute atomic E-state index is 8.94. The van der Waals surface area contributed by atoms with E-state index in [4.69, 9.17) is 11.0 Å². The van der Waals surface area contributed by atoms with Crippen molar-refractivity contribution >= 4 is 11.5 Å². The number of nitrogen functional groups attached to an aromatic ring is 1. The average Bonchev–Trinajstić information content (AvgIpc) is 2.29. The third-order valence-electron chi connectivity index (χ3n) is 2.73. The third kappa shape index (κ3) is 5.14. The molecule has 1 heterocycles. The summed E-state index contributed by atoms with van der Waals surface area (Å²) in [5.74, 6) is 1.31. The van der Waals surface area contributed by atoms with Gasteiger partial charge in [-0.15, -0.1) is 0 Å². The standard InChI is InChI=1S/C14H23N5/c1-10(2)7-11(9-19(3)4)17-14-6-5-12(16)13(8-15)18-14/h5-6,10-11H,7,9,16H2,1-4H3,(H,17,18). The van der Waals surface area contributed by atoms with Gasteiger partial charge in [-0.1, -0.05) is 13.8 Å². The van der Waals surface area contributed by atoms with Crippen molar-refractivity contribution in [2.24, 2.45) is 5.92 Å². The number of hydrogen-bond acceptors (Lipinski definition) is 5. The number of pyridine rings is 1. The Labute approximate surface area is 115 Å². The van der Waals surface area contributed by atoms with Gasteiger partial charge in [0.2, 0.25) is 0 Å². The molecule has 1 unspecified atom stereocenters. The van der Waals surface area contributed by atoms with E-state index in [1.165, 1.54) is 0 Å². The Bertz CT molecular complexity index is 438. The van der Waals surface area contributed by atoms with E-state index in [2.05, 4.69) is 29.0 Å². The Morgan fingerprint density at radius 2 is 2.11 bits per heavy atom. The van der Waals surface area contributed by atoms with Crippen LogP contribution in [0.25, 0.3) is 0 Å². The van der Waals surface area contributed by atoms with Gasteiger partial charge in [0, 0.05) is 12.6 Å². The maximum atomic E-state index is 8.94. The van der Waals surface area contributed by atoms with Gasteiger partial charge in [0.15, 0.2) is 5.69 Å². The molecule has 0 aromatic carbocycles. The third-order valence-corrected chi connectivity index (χ3v) is 2.73. The van der Waals surface area contributed by atoms with Crippen molar-refractivity contribution in [2.75, 3.05) is 31.7 Å². The normalized spacial score (nSPS) is 12.5. The molecule has 0 aliphatic carbocycles. The van der Waals surface area contributed by atoms with Crippen molar-refractivity contribution in [3.05, 3.63) is 17.8 Å².